The molecule has 1 aromatic heterocycles. The van der Waals surface area contributed by atoms with Crippen LogP contribution in [-0.2, 0) is 0 Å². The van der Waals surface area contributed by atoms with Crippen molar-refractivity contribution < 1.29 is 0 Å². The van der Waals surface area contributed by atoms with Crippen LogP contribution >= 0.6 is 11.6 Å². The molecule has 0 saturated carbocycles. The summed E-state index contributed by atoms with van der Waals surface area (Å²) in [5, 5.41) is 3.61. The van der Waals surface area contributed by atoms with Crippen molar-refractivity contribution in [2.75, 3.05) is 7.05 Å². The fraction of sp³-hybridized carbons (Fsp3) is 0.100. The fourth-order valence-electron chi connectivity index (χ4n) is 1.26. The lowest BCUT2D eigenvalue weighted by atomic mass is 10.2. The molecule has 1 aliphatic heterocycles. The highest BCUT2D eigenvalue weighted by atomic mass is 35.5. The van der Waals surface area contributed by atoms with E-state index in [2.05, 4.69) is 21.2 Å². The standard InChI is InChI=1S/C10H11ClN4/c1-12-10-3-2-9(14-15-10)7-4-8(11)6-13-5-7/h2-6,12,14-15H,1H3. The van der Waals surface area contributed by atoms with Crippen molar-refractivity contribution in [3.63, 3.8) is 0 Å². The third-order valence-corrected chi connectivity index (χ3v) is 2.24. The van der Waals surface area contributed by atoms with E-state index in [0.717, 1.165) is 17.1 Å². The third kappa shape index (κ3) is 2.22. The molecular weight excluding hydrogens is 212 g/mol. The molecule has 0 aliphatic carbocycles. The molecule has 0 radical (unpaired) electrons. The Balaban J connectivity index is 2.26. The van der Waals surface area contributed by atoms with Crippen LogP contribution in [0.4, 0.5) is 0 Å². The zero-order chi connectivity index (χ0) is 10.7. The summed E-state index contributed by atoms with van der Waals surface area (Å²) in [6.07, 6.45) is 7.25. The molecule has 0 amide bonds. The number of rotatable bonds is 2. The van der Waals surface area contributed by atoms with Crippen LogP contribution in [0.25, 0.3) is 5.70 Å². The summed E-state index contributed by atoms with van der Waals surface area (Å²) in [6, 6.07) is 1.85. The van der Waals surface area contributed by atoms with Gasteiger partial charge in [0.05, 0.1) is 10.7 Å². The Kier molecular flexibility index (Phi) is 2.78. The zero-order valence-corrected chi connectivity index (χ0v) is 8.97. The van der Waals surface area contributed by atoms with Gasteiger partial charge in [0.2, 0.25) is 0 Å². The van der Waals surface area contributed by atoms with Crippen LogP contribution in [0.5, 0.6) is 0 Å². The summed E-state index contributed by atoms with van der Waals surface area (Å²) in [4.78, 5) is 4.02. The molecule has 0 atom stereocenters. The van der Waals surface area contributed by atoms with Gasteiger partial charge in [-0.05, 0) is 18.2 Å². The molecule has 1 aromatic rings. The monoisotopic (exact) mass is 222 g/mol. The molecule has 3 N–H and O–H groups in total. The van der Waals surface area contributed by atoms with Gasteiger partial charge in [-0.3, -0.25) is 15.8 Å². The first-order valence-corrected chi connectivity index (χ1v) is 4.90. The molecule has 0 bridgehead atoms. The van der Waals surface area contributed by atoms with Gasteiger partial charge in [-0.25, -0.2) is 0 Å². The lowest BCUT2D eigenvalue weighted by molar-refractivity contribution is 0.678. The Morgan fingerprint density at radius 1 is 1.27 bits per heavy atom. The minimum atomic E-state index is 0.624. The molecule has 15 heavy (non-hydrogen) atoms. The fourth-order valence-corrected chi connectivity index (χ4v) is 1.43. The van der Waals surface area contributed by atoms with Crippen molar-refractivity contribution in [3.05, 3.63) is 47.0 Å². The van der Waals surface area contributed by atoms with Crippen LogP contribution in [-0.4, -0.2) is 12.0 Å². The topological polar surface area (TPSA) is 49.0 Å². The van der Waals surface area contributed by atoms with E-state index in [-0.39, 0.29) is 0 Å². The molecule has 5 heteroatoms. The molecular formula is C10H11ClN4. The van der Waals surface area contributed by atoms with E-state index in [9.17, 15) is 0 Å². The second kappa shape index (κ2) is 4.23. The highest BCUT2D eigenvalue weighted by molar-refractivity contribution is 6.30. The molecule has 2 rings (SSSR count). The van der Waals surface area contributed by atoms with Gasteiger partial charge in [0.25, 0.3) is 0 Å². The van der Waals surface area contributed by atoms with Gasteiger partial charge in [0.1, 0.15) is 5.82 Å². The van der Waals surface area contributed by atoms with E-state index in [1.165, 1.54) is 0 Å². The lowest BCUT2D eigenvalue weighted by Gasteiger charge is -2.18. The first kappa shape index (κ1) is 9.86. The summed E-state index contributed by atoms with van der Waals surface area (Å²) in [5.41, 5.74) is 7.92. The normalized spacial score (nSPS) is 14.5. The van der Waals surface area contributed by atoms with Crippen LogP contribution in [0, 0.1) is 0 Å². The van der Waals surface area contributed by atoms with E-state index in [1.807, 2.05) is 25.3 Å². The molecule has 0 unspecified atom stereocenters. The summed E-state index contributed by atoms with van der Waals surface area (Å²) in [6.45, 7) is 0. The predicted octanol–water partition coefficient (Wildman–Crippen LogP) is 1.24. The van der Waals surface area contributed by atoms with E-state index in [4.69, 9.17) is 11.6 Å². The Bertz CT molecular complexity index is 425. The van der Waals surface area contributed by atoms with Gasteiger partial charge < -0.3 is 5.32 Å². The number of halogens is 1. The summed E-state index contributed by atoms with van der Waals surface area (Å²) >= 11 is 5.85. The number of hydrogen-bond donors (Lipinski definition) is 3. The first-order chi connectivity index (χ1) is 7.29. The summed E-state index contributed by atoms with van der Waals surface area (Å²) in [5.74, 6) is 0.911. The minimum Gasteiger partial charge on any atom is -0.374 e. The summed E-state index contributed by atoms with van der Waals surface area (Å²) < 4.78 is 0. The van der Waals surface area contributed by atoms with Crippen molar-refractivity contribution in [3.8, 4) is 0 Å². The second-order valence-corrected chi connectivity index (χ2v) is 3.49. The Morgan fingerprint density at radius 3 is 2.73 bits per heavy atom. The highest BCUT2D eigenvalue weighted by Gasteiger charge is 2.05. The van der Waals surface area contributed by atoms with Gasteiger partial charge in [-0.1, -0.05) is 11.6 Å². The zero-order valence-electron chi connectivity index (χ0n) is 8.21. The van der Waals surface area contributed by atoms with Gasteiger partial charge in [0, 0.05) is 25.0 Å². The van der Waals surface area contributed by atoms with Crippen LogP contribution in [0.1, 0.15) is 5.56 Å². The van der Waals surface area contributed by atoms with Crippen molar-refractivity contribution in [2.24, 2.45) is 0 Å². The maximum Gasteiger partial charge on any atom is 0.117 e. The van der Waals surface area contributed by atoms with Gasteiger partial charge in [-0.2, -0.15) is 0 Å². The maximum absolute atomic E-state index is 5.85. The number of aromatic nitrogens is 1. The van der Waals surface area contributed by atoms with Crippen molar-refractivity contribution in [1.29, 1.82) is 0 Å². The number of hydrogen-bond acceptors (Lipinski definition) is 4. The molecule has 0 aromatic carbocycles. The largest absolute Gasteiger partial charge is 0.374 e. The number of nitrogens with zero attached hydrogens (tertiary/aromatic N) is 1. The van der Waals surface area contributed by atoms with Crippen molar-refractivity contribution in [2.45, 2.75) is 0 Å². The van der Waals surface area contributed by atoms with E-state index in [0.29, 0.717) is 5.02 Å². The third-order valence-electron chi connectivity index (χ3n) is 2.03. The van der Waals surface area contributed by atoms with Crippen LogP contribution < -0.4 is 16.2 Å². The highest BCUT2D eigenvalue weighted by Crippen LogP contribution is 2.16. The van der Waals surface area contributed by atoms with Gasteiger partial charge in [0.15, 0.2) is 0 Å². The Hall–Kier alpha value is -1.68. The summed E-state index contributed by atoms with van der Waals surface area (Å²) in [7, 11) is 1.85. The first-order valence-electron chi connectivity index (χ1n) is 4.52. The molecule has 0 saturated heterocycles. The smallest absolute Gasteiger partial charge is 0.117 e. The molecule has 0 fully saturated rings. The number of hydrazine groups is 1. The van der Waals surface area contributed by atoms with Crippen LogP contribution in [0.2, 0.25) is 5.02 Å². The lowest BCUT2D eigenvalue weighted by Crippen LogP contribution is -2.36. The quantitative estimate of drug-likeness (QED) is 0.705. The molecule has 0 spiro atoms. The minimum absolute atomic E-state index is 0.624. The SMILES string of the molecule is CNC1=CC=C(c2cncc(Cl)c2)NN1. The van der Waals surface area contributed by atoms with E-state index in [1.54, 1.807) is 12.4 Å². The van der Waals surface area contributed by atoms with Crippen molar-refractivity contribution in [1.82, 2.24) is 21.2 Å². The predicted molar refractivity (Wildman–Crippen MR) is 60.6 cm³/mol. The molecule has 2 heterocycles. The van der Waals surface area contributed by atoms with Crippen molar-refractivity contribution >= 4 is 17.3 Å². The average molecular weight is 223 g/mol. The van der Waals surface area contributed by atoms with Crippen LogP contribution in [0.15, 0.2) is 36.4 Å². The van der Waals surface area contributed by atoms with Crippen LogP contribution in [0.3, 0.4) is 0 Å². The van der Waals surface area contributed by atoms with Gasteiger partial charge >= 0.3 is 0 Å². The van der Waals surface area contributed by atoms with E-state index >= 15 is 0 Å². The average Bonchev–Trinajstić information content (AvgIpc) is 2.29. The van der Waals surface area contributed by atoms with Gasteiger partial charge in [-0.15, -0.1) is 0 Å². The number of allylic oxidation sites excluding steroid dienone is 2. The number of nitrogens with one attached hydrogen (secondary N) is 3. The van der Waals surface area contributed by atoms with E-state index < -0.39 is 0 Å². The molecule has 78 valence electrons. The Labute approximate surface area is 93.0 Å². The molecule has 4 nitrogen and oxygen atoms in total. The maximum atomic E-state index is 5.85. The Morgan fingerprint density at radius 2 is 2.13 bits per heavy atom. The number of pyridine rings is 1. The second-order valence-electron chi connectivity index (χ2n) is 3.05. The molecule has 1 aliphatic rings.